The Balaban J connectivity index is 0. The van der Waals surface area contributed by atoms with Crippen LogP contribution >= 0.6 is 0 Å². The van der Waals surface area contributed by atoms with Gasteiger partial charge in [0.15, 0.2) is 0 Å². The van der Waals surface area contributed by atoms with Crippen molar-refractivity contribution in [2.75, 3.05) is 6.54 Å². The van der Waals surface area contributed by atoms with Crippen LogP contribution in [0.3, 0.4) is 0 Å². The molecule has 0 aliphatic carbocycles. The smallest absolute Gasteiger partial charge is 0.344 e. The Morgan fingerprint density at radius 3 is 2.42 bits per heavy atom. The number of nitrogens with zero attached hydrogens (tertiary/aromatic N) is 2. The van der Waals surface area contributed by atoms with Crippen LogP contribution in [0.4, 0.5) is 0 Å². The van der Waals surface area contributed by atoms with E-state index in [0.717, 1.165) is 0 Å². The SMILES string of the molecule is NN.[N-]=[N+]=CC(=O)NCC(=O)O. The van der Waals surface area contributed by atoms with E-state index in [-0.39, 0.29) is 0 Å². The summed E-state index contributed by atoms with van der Waals surface area (Å²) in [7, 11) is 0. The molecule has 0 saturated heterocycles. The van der Waals surface area contributed by atoms with Crippen LogP contribution in [0, 0.1) is 0 Å². The van der Waals surface area contributed by atoms with E-state index in [1.807, 2.05) is 5.32 Å². The zero-order valence-corrected chi connectivity index (χ0v) is 6.10. The molecular weight excluding hydrogens is 166 g/mol. The lowest BCUT2D eigenvalue weighted by molar-refractivity contribution is -0.137. The fraction of sp³-hybridized carbons (Fsp3) is 0.250. The standard InChI is InChI=1S/C4H5N3O3.H4N2/c5-7-1-3(8)6-2-4(9)10;1-2/h1H,2H2,(H,6,8)(H,9,10);1-2H2. The van der Waals surface area contributed by atoms with E-state index >= 15 is 0 Å². The Morgan fingerprint density at radius 2 is 2.08 bits per heavy atom. The molecule has 0 aromatic carbocycles. The predicted octanol–water partition coefficient (Wildman–Crippen LogP) is -2.69. The van der Waals surface area contributed by atoms with Gasteiger partial charge in [0.25, 0.3) is 0 Å². The number of hydrogen-bond acceptors (Lipinski definition) is 4. The molecule has 0 saturated carbocycles. The molecule has 0 atom stereocenters. The van der Waals surface area contributed by atoms with Gasteiger partial charge in [0.1, 0.15) is 6.54 Å². The number of aliphatic carboxylic acids is 1. The summed E-state index contributed by atoms with van der Waals surface area (Å²) in [6, 6.07) is 0. The van der Waals surface area contributed by atoms with Gasteiger partial charge in [-0.15, -0.1) is 0 Å². The van der Waals surface area contributed by atoms with Crippen molar-refractivity contribution in [3.8, 4) is 0 Å². The second kappa shape index (κ2) is 9.24. The third-order valence-corrected chi connectivity index (χ3v) is 0.589. The van der Waals surface area contributed by atoms with Crippen molar-refractivity contribution in [1.82, 2.24) is 5.32 Å². The molecule has 6 N–H and O–H groups in total. The van der Waals surface area contributed by atoms with E-state index in [0.29, 0.717) is 6.21 Å². The maximum atomic E-state index is 10.3. The molecular formula is C4H9N5O3. The third-order valence-electron chi connectivity index (χ3n) is 0.589. The normalized spacial score (nSPS) is 6.83. The molecule has 0 bridgehead atoms. The first-order chi connectivity index (χ1) is 5.66. The highest BCUT2D eigenvalue weighted by Gasteiger charge is 2.02. The monoisotopic (exact) mass is 175 g/mol. The Bertz CT molecular complexity index is 197. The van der Waals surface area contributed by atoms with E-state index in [1.54, 1.807) is 0 Å². The van der Waals surface area contributed by atoms with Crippen molar-refractivity contribution in [3.63, 3.8) is 0 Å². The number of carboxylic acid groups (broad SMARTS) is 1. The molecule has 8 nitrogen and oxygen atoms in total. The van der Waals surface area contributed by atoms with Gasteiger partial charge in [0.05, 0.1) is 0 Å². The number of nitrogens with one attached hydrogen (secondary N) is 1. The van der Waals surface area contributed by atoms with Gasteiger partial charge in [-0.05, 0) is 0 Å². The molecule has 0 radical (unpaired) electrons. The second-order valence-electron chi connectivity index (χ2n) is 1.36. The fourth-order valence-corrected chi connectivity index (χ4v) is 0.261. The van der Waals surface area contributed by atoms with Crippen LogP contribution in [0.5, 0.6) is 0 Å². The Morgan fingerprint density at radius 1 is 1.58 bits per heavy atom. The third kappa shape index (κ3) is 11.1. The average Bonchev–Trinajstić information content (AvgIpc) is 2.05. The minimum absolute atomic E-state index is 0.481. The van der Waals surface area contributed by atoms with Crippen LogP contribution in [-0.4, -0.2) is 34.5 Å². The zero-order valence-electron chi connectivity index (χ0n) is 6.10. The lowest BCUT2D eigenvalue weighted by atomic mass is 10.6. The van der Waals surface area contributed by atoms with Crippen LogP contribution in [0.2, 0.25) is 0 Å². The Hall–Kier alpha value is -1.76. The predicted molar refractivity (Wildman–Crippen MR) is 38.7 cm³/mol. The van der Waals surface area contributed by atoms with Crippen molar-refractivity contribution in [2.45, 2.75) is 0 Å². The zero-order chi connectivity index (χ0) is 9.98. The first-order valence-electron chi connectivity index (χ1n) is 2.67. The highest BCUT2D eigenvalue weighted by Crippen LogP contribution is 1.59. The summed E-state index contributed by atoms with van der Waals surface area (Å²) in [6.45, 7) is -0.481. The maximum Gasteiger partial charge on any atom is 0.344 e. The summed E-state index contributed by atoms with van der Waals surface area (Å²) in [4.78, 5) is 22.4. The molecule has 0 spiro atoms. The molecule has 68 valence electrons. The van der Waals surface area contributed by atoms with Gasteiger partial charge in [-0.3, -0.25) is 21.3 Å². The topological polar surface area (TPSA) is 155 Å². The molecule has 0 aromatic heterocycles. The number of carboxylic acids is 1. The summed E-state index contributed by atoms with van der Waals surface area (Å²) in [6.07, 6.45) is 0.572. The van der Waals surface area contributed by atoms with Gasteiger partial charge in [0, 0.05) is 0 Å². The molecule has 0 aromatic rings. The van der Waals surface area contributed by atoms with Crippen molar-refractivity contribution >= 4 is 18.1 Å². The number of amides is 1. The molecule has 0 aliphatic rings. The van der Waals surface area contributed by atoms with Crippen molar-refractivity contribution in [1.29, 1.82) is 0 Å². The maximum absolute atomic E-state index is 10.3. The van der Waals surface area contributed by atoms with Gasteiger partial charge < -0.3 is 16.0 Å². The Kier molecular flexibility index (Phi) is 9.91. The Labute approximate surface area is 67.7 Å². The summed E-state index contributed by atoms with van der Waals surface area (Å²) >= 11 is 0. The summed E-state index contributed by atoms with van der Waals surface area (Å²) < 4.78 is 0. The molecule has 0 rings (SSSR count). The fourth-order valence-electron chi connectivity index (χ4n) is 0.261. The molecule has 8 heteroatoms. The van der Waals surface area contributed by atoms with E-state index < -0.39 is 18.4 Å². The number of carbonyl (C=O) groups is 2. The van der Waals surface area contributed by atoms with E-state index in [1.165, 1.54) is 0 Å². The number of nitrogens with two attached hydrogens (primary N) is 2. The summed E-state index contributed by atoms with van der Waals surface area (Å²) in [5.41, 5.74) is 7.76. The highest BCUT2D eigenvalue weighted by molar-refractivity contribution is 6.24. The molecule has 12 heavy (non-hydrogen) atoms. The second-order valence-corrected chi connectivity index (χ2v) is 1.36. The summed E-state index contributed by atoms with van der Waals surface area (Å²) in [5.74, 6) is 6.10. The number of hydrazine groups is 1. The van der Waals surface area contributed by atoms with E-state index in [2.05, 4.69) is 16.5 Å². The first-order valence-corrected chi connectivity index (χ1v) is 2.67. The minimum Gasteiger partial charge on any atom is -0.480 e. The van der Waals surface area contributed by atoms with Gasteiger partial charge in [0.2, 0.25) is 0 Å². The first kappa shape index (κ1) is 12.9. The molecule has 0 heterocycles. The molecule has 0 aliphatic heterocycles. The van der Waals surface area contributed by atoms with Crippen LogP contribution in [0.25, 0.3) is 5.53 Å². The molecule has 0 fully saturated rings. The van der Waals surface area contributed by atoms with Gasteiger partial charge in [-0.25, -0.2) is 0 Å². The van der Waals surface area contributed by atoms with Gasteiger partial charge in [-0.2, -0.15) is 4.79 Å². The lowest BCUT2D eigenvalue weighted by Crippen LogP contribution is -2.30. The van der Waals surface area contributed by atoms with Crippen LogP contribution < -0.4 is 17.0 Å². The van der Waals surface area contributed by atoms with Gasteiger partial charge in [-0.1, -0.05) is 0 Å². The van der Waals surface area contributed by atoms with Crippen LogP contribution in [0.15, 0.2) is 0 Å². The quantitative estimate of drug-likeness (QED) is 0.121. The molecule has 0 unspecified atom stereocenters. The average molecular weight is 175 g/mol. The van der Waals surface area contributed by atoms with Gasteiger partial charge >= 0.3 is 18.1 Å². The number of carbonyl (C=O) groups excluding carboxylic acids is 1. The van der Waals surface area contributed by atoms with Crippen LogP contribution in [-0.2, 0) is 9.59 Å². The summed E-state index contributed by atoms with van der Waals surface area (Å²) in [5, 5.41) is 9.94. The molecule has 1 amide bonds. The minimum atomic E-state index is -1.15. The number of hydrogen-bond donors (Lipinski definition) is 4. The van der Waals surface area contributed by atoms with E-state index in [9.17, 15) is 9.59 Å². The lowest BCUT2D eigenvalue weighted by Gasteiger charge is -1.90. The van der Waals surface area contributed by atoms with Crippen LogP contribution in [0.1, 0.15) is 0 Å². The number of rotatable bonds is 3. The van der Waals surface area contributed by atoms with Crippen molar-refractivity contribution in [3.05, 3.63) is 5.53 Å². The van der Waals surface area contributed by atoms with Crippen molar-refractivity contribution < 1.29 is 19.5 Å². The van der Waals surface area contributed by atoms with E-state index in [4.69, 9.17) is 10.6 Å². The van der Waals surface area contributed by atoms with Crippen molar-refractivity contribution in [2.24, 2.45) is 11.7 Å². The highest BCUT2D eigenvalue weighted by atomic mass is 16.4. The largest absolute Gasteiger partial charge is 0.480 e.